The molecular weight excluding hydrogens is 210 g/mol. The van der Waals surface area contributed by atoms with Gasteiger partial charge in [0.2, 0.25) is 0 Å². The van der Waals surface area contributed by atoms with E-state index in [-0.39, 0.29) is 6.61 Å². The summed E-state index contributed by atoms with van der Waals surface area (Å²) in [5.74, 6) is 0. The molecule has 4 nitrogen and oxygen atoms in total. The van der Waals surface area contributed by atoms with E-state index < -0.39 is 0 Å². The second-order valence-electron chi connectivity index (χ2n) is 3.11. The first-order valence-electron chi connectivity index (χ1n) is 4.50. The summed E-state index contributed by atoms with van der Waals surface area (Å²) in [7, 11) is 1.88. The van der Waals surface area contributed by atoms with Gasteiger partial charge in [0.05, 0.1) is 17.7 Å². The van der Waals surface area contributed by atoms with Crippen LogP contribution in [0, 0.1) is 0 Å². The van der Waals surface area contributed by atoms with Crippen LogP contribution in [0.4, 0.5) is 0 Å². The molecule has 0 fully saturated rings. The lowest BCUT2D eigenvalue weighted by Gasteiger charge is -1.98. The van der Waals surface area contributed by atoms with E-state index in [2.05, 4.69) is 10.1 Å². The van der Waals surface area contributed by atoms with Crippen molar-refractivity contribution < 1.29 is 5.11 Å². The predicted molar refractivity (Wildman–Crippen MR) is 57.5 cm³/mol. The minimum Gasteiger partial charge on any atom is -0.392 e. The van der Waals surface area contributed by atoms with E-state index in [1.807, 2.05) is 25.4 Å². The smallest absolute Gasteiger partial charge is 0.101 e. The quantitative estimate of drug-likeness (QED) is 0.852. The van der Waals surface area contributed by atoms with Crippen molar-refractivity contribution in [3.8, 4) is 0 Å². The predicted octanol–water partition coefficient (Wildman–Crippen LogP) is 1.46. The van der Waals surface area contributed by atoms with E-state index in [0.717, 1.165) is 15.5 Å². The number of aryl methyl sites for hydroxylation is 1. The minimum absolute atomic E-state index is 0.0326. The van der Waals surface area contributed by atoms with E-state index >= 15 is 0 Å². The molecule has 0 atom stereocenters. The first-order valence-corrected chi connectivity index (χ1v) is 5.32. The summed E-state index contributed by atoms with van der Waals surface area (Å²) in [6.07, 6.45) is 5.41. The number of rotatable bonds is 3. The summed E-state index contributed by atoms with van der Waals surface area (Å²) < 4.78 is 1.75. The molecule has 0 saturated carbocycles. The second-order valence-corrected chi connectivity index (χ2v) is 4.21. The summed E-state index contributed by atoms with van der Waals surface area (Å²) in [6.45, 7) is 0.0326. The molecule has 2 aromatic rings. The Bertz CT molecular complexity index is 438. The third-order valence-corrected chi connectivity index (χ3v) is 2.78. The van der Waals surface area contributed by atoms with Gasteiger partial charge in [-0.2, -0.15) is 5.10 Å². The molecule has 15 heavy (non-hydrogen) atoms. The molecule has 0 amide bonds. The Hall–Kier alpha value is -1.33. The van der Waals surface area contributed by atoms with Crippen LogP contribution in [0.2, 0.25) is 0 Å². The summed E-state index contributed by atoms with van der Waals surface area (Å²) >= 11 is 1.55. The van der Waals surface area contributed by atoms with Crippen LogP contribution in [0.15, 0.2) is 40.6 Å². The summed E-state index contributed by atoms with van der Waals surface area (Å²) in [5, 5.41) is 13.8. The maximum absolute atomic E-state index is 8.86. The maximum atomic E-state index is 8.86. The SMILES string of the molecule is Cn1cc(Sc2ccc(CO)cn2)cn1. The molecule has 0 saturated heterocycles. The van der Waals surface area contributed by atoms with Crippen LogP contribution < -0.4 is 0 Å². The number of aliphatic hydroxyl groups excluding tert-OH is 1. The lowest BCUT2D eigenvalue weighted by molar-refractivity contribution is 0.281. The van der Waals surface area contributed by atoms with E-state index in [4.69, 9.17) is 5.11 Å². The molecule has 1 N–H and O–H groups in total. The molecule has 0 unspecified atom stereocenters. The lowest BCUT2D eigenvalue weighted by atomic mass is 10.3. The Kier molecular flexibility index (Phi) is 3.03. The fraction of sp³-hybridized carbons (Fsp3) is 0.200. The molecule has 2 rings (SSSR count). The van der Waals surface area contributed by atoms with Crippen LogP contribution >= 0.6 is 11.8 Å². The van der Waals surface area contributed by atoms with Gasteiger partial charge in [-0.25, -0.2) is 4.98 Å². The van der Waals surface area contributed by atoms with E-state index in [1.165, 1.54) is 0 Å². The average Bonchev–Trinajstić information content (AvgIpc) is 2.65. The number of pyridine rings is 1. The van der Waals surface area contributed by atoms with Gasteiger partial charge in [-0.3, -0.25) is 4.68 Å². The Morgan fingerprint density at radius 2 is 2.27 bits per heavy atom. The van der Waals surface area contributed by atoms with Gasteiger partial charge in [0, 0.05) is 19.4 Å². The van der Waals surface area contributed by atoms with Crippen molar-refractivity contribution in [2.24, 2.45) is 7.05 Å². The zero-order chi connectivity index (χ0) is 10.7. The molecule has 78 valence electrons. The van der Waals surface area contributed by atoms with Crippen molar-refractivity contribution in [1.82, 2.24) is 14.8 Å². The first-order chi connectivity index (χ1) is 7.28. The minimum atomic E-state index is 0.0326. The average molecular weight is 221 g/mol. The normalized spacial score (nSPS) is 10.5. The van der Waals surface area contributed by atoms with Crippen LogP contribution in [0.3, 0.4) is 0 Å². The molecule has 0 aliphatic heterocycles. The van der Waals surface area contributed by atoms with E-state index in [1.54, 1.807) is 28.8 Å². The standard InChI is InChI=1S/C10H11N3OS/c1-13-6-9(5-12-13)15-10-3-2-8(7-14)4-11-10/h2-6,14H,7H2,1H3. The van der Waals surface area contributed by atoms with Gasteiger partial charge in [0.25, 0.3) is 0 Å². The van der Waals surface area contributed by atoms with Gasteiger partial charge >= 0.3 is 0 Å². The van der Waals surface area contributed by atoms with Gasteiger partial charge in [0.1, 0.15) is 5.03 Å². The second kappa shape index (κ2) is 4.46. The lowest BCUT2D eigenvalue weighted by Crippen LogP contribution is -1.85. The largest absolute Gasteiger partial charge is 0.392 e. The number of hydrogen-bond donors (Lipinski definition) is 1. The third-order valence-electron chi connectivity index (χ3n) is 1.88. The molecular formula is C10H11N3OS. The maximum Gasteiger partial charge on any atom is 0.101 e. The highest BCUT2D eigenvalue weighted by molar-refractivity contribution is 7.99. The highest BCUT2D eigenvalue weighted by Crippen LogP contribution is 2.24. The van der Waals surface area contributed by atoms with Crippen molar-refractivity contribution in [1.29, 1.82) is 0 Å². The van der Waals surface area contributed by atoms with Crippen LogP contribution in [0.25, 0.3) is 0 Å². The molecule has 0 aliphatic carbocycles. The van der Waals surface area contributed by atoms with Crippen molar-refractivity contribution in [2.45, 2.75) is 16.5 Å². The molecule has 0 bridgehead atoms. The number of nitrogens with zero attached hydrogens (tertiary/aromatic N) is 3. The highest BCUT2D eigenvalue weighted by atomic mass is 32.2. The summed E-state index contributed by atoms with van der Waals surface area (Å²) in [4.78, 5) is 5.28. The van der Waals surface area contributed by atoms with Crippen molar-refractivity contribution in [3.05, 3.63) is 36.3 Å². The van der Waals surface area contributed by atoms with E-state index in [9.17, 15) is 0 Å². The zero-order valence-corrected chi connectivity index (χ0v) is 9.11. The first kappa shape index (κ1) is 10.2. The van der Waals surface area contributed by atoms with Gasteiger partial charge in [-0.15, -0.1) is 0 Å². The van der Waals surface area contributed by atoms with Crippen LogP contribution in [0.5, 0.6) is 0 Å². The van der Waals surface area contributed by atoms with Crippen molar-refractivity contribution in [3.63, 3.8) is 0 Å². The summed E-state index contributed by atoms with van der Waals surface area (Å²) in [6, 6.07) is 3.76. The Morgan fingerprint density at radius 3 is 2.80 bits per heavy atom. The van der Waals surface area contributed by atoms with Gasteiger partial charge in [0.15, 0.2) is 0 Å². The Morgan fingerprint density at radius 1 is 1.40 bits per heavy atom. The van der Waals surface area contributed by atoms with Crippen LogP contribution in [-0.2, 0) is 13.7 Å². The van der Waals surface area contributed by atoms with Crippen LogP contribution in [0.1, 0.15) is 5.56 Å². The molecule has 0 aliphatic rings. The third kappa shape index (κ3) is 2.57. The van der Waals surface area contributed by atoms with Gasteiger partial charge in [-0.05, 0) is 11.6 Å². The Labute approximate surface area is 92.0 Å². The highest BCUT2D eigenvalue weighted by Gasteiger charge is 2.00. The van der Waals surface area contributed by atoms with Gasteiger partial charge in [-0.1, -0.05) is 17.8 Å². The molecule has 5 heteroatoms. The number of aromatic nitrogens is 3. The topological polar surface area (TPSA) is 50.9 Å². The molecule has 2 aromatic heterocycles. The fourth-order valence-electron chi connectivity index (χ4n) is 1.14. The number of hydrogen-bond acceptors (Lipinski definition) is 4. The zero-order valence-electron chi connectivity index (χ0n) is 8.29. The van der Waals surface area contributed by atoms with Crippen molar-refractivity contribution >= 4 is 11.8 Å². The number of aliphatic hydroxyl groups is 1. The fourth-order valence-corrected chi connectivity index (χ4v) is 1.93. The van der Waals surface area contributed by atoms with E-state index in [0.29, 0.717) is 0 Å². The Balaban J connectivity index is 2.11. The van der Waals surface area contributed by atoms with Gasteiger partial charge < -0.3 is 5.11 Å². The molecule has 0 aromatic carbocycles. The van der Waals surface area contributed by atoms with Crippen molar-refractivity contribution in [2.75, 3.05) is 0 Å². The molecule has 0 spiro atoms. The molecule has 2 heterocycles. The monoisotopic (exact) mass is 221 g/mol. The van der Waals surface area contributed by atoms with Crippen LogP contribution in [-0.4, -0.2) is 19.9 Å². The summed E-state index contributed by atoms with van der Waals surface area (Å²) in [5.41, 5.74) is 0.825. The molecule has 0 radical (unpaired) electrons.